The molecule has 2 N–H and O–H groups in total. The van der Waals surface area contributed by atoms with Crippen molar-refractivity contribution in [2.45, 2.75) is 39.7 Å². The first-order valence-corrected chi connectivity index (χ1v) is 9.15. The Morgan fingerprint density at radius 1 is 1.20 bits per heavy atom. The van der Waals surface area contributed by atoms with E-state index in [1.165, 1.54) is 10.4 Å². The summed E-state index contributed by atoms with van der Waals surface area (Å²) in [6.45, 7) is 9.98. The van der Waals surface area contributed by atoms with Gasteiger partial charge in [0.15, 0.2) is 5.96 Å². The summed E-state index contributed by atoms with van der Waals surface area (Å²) in [6, 6.07) is 8.00. The van der Waals surface area contributed by atoms with Crippen molar-refractivity contribution in [3.8, 4) is 0 Å². The highest BCUT2D eigenvalue weighted by Crippen LogP contribution is 2.23. The molecule has 0 atom stereocenters. The van der Waals surface area contributed by atoms with Gasteiger partial charge in [-0.15, -0.1) is 35.3 Å². The highest BCUT2D eigenvalue weighted by atomic mass is 127. The molecule has 0 fully saturated rings. The van der Waals surface area contributed by atoms with Gasteiger partial charge in [0, 0.05) is 28.9 Å². The van der Waals surface area contributed by atoms with Crippen molar-refractivity contribution in [2.24, 2.45) is 4.99 Å². The molecule has 1 heterocycles. The van der Waals surface area contributed by atoms with Crippen molar-refractivity contribution in [2.75, 3.05) is 13.6 Å². The van der Waals surface area contributed by atoms with Crippen LogP contribution in [0.4, 0.5) is 0 Å². The number of aromatic nitrogens is 1. The average Bonchev–Trinajstić information content (AvgIpc) is 2.86. The maximum atomic E-state index is 5.97. The van der Waals surface area contributed by atoms with E-state index < -0.39 is 0 Å². The summed E-state index contributed by atoms with van der Waals surface area (Å²) >= 11 is 7.69. The minimum atomic E-state index is -0.0312. The number of halogens is 2. The van der Waals surface area contributed by atoms with Gasteiger partial charge >= 0.3 is 0 Å². The van der Waals surface area contributed by atoms with Crippen LogP contribution in [0.25, 0.3) is 0 Å². The van der Waals surface area contributed by atoms with Crippen LogP contribution in [-0.4, -0.2) is 24.5 Å². The normalized spacial score (nSPS) is 11.8. The van der Waals surface area contributed by atoms with Crippen LogP contribution in [0.3, 0.4) is 0 Å². The molecule has 138 valence electrons. The van der Waals surface area contributed by atoms with Gasteiger partial charge in [-0.3, -0.25) is 4.99 Å². The van der Waals surface area contributed by atoms with E-state index >= 15 is 0 Å². The monoisotopic (exact) mass is 492 g/mol. The summed E-state index contributed by atoms with van der Waals surface area (Å²) < 4.78 is 0. The minimum Gasteiger partial charge on any atom is -0.356 e. The summed E-state index contributed by atoms with van der Waals surface area (Å²) in [6.07, 6.45) is 0. The number of hydrogen-bond acceptors (Lipinski definition) is 3. The van der Waals surface area contributed by atoms with Gasteiger partial charge in [-0.2, -0.15) is 0 Å². The lowest BCUT2D eigenvalue weighted by atomic mass is 9.85. The lowest BCUT2D eigenvalue weighted by Gasteiger charge is -2.26. The largest absolute Gasteiger partial charge is 0.356 e. The Morgan fingerprint density at radius 3 is 2.36 bits per heavy atom. The number of rotatable bonds is 5. The van der Waals surface area contributed by atoms with E-state index in [0.717, 1.165) is 28.2 Å². The van der Waals surface area contributed by atoms with Gasteiger partial charge in [-0.05, 0) is 31.5 Å². The van der Waals surface area contributed by atoms with E-state index in [1.807, 2.05) is 19.1 Å². The molecule has 7 heteroatoms. The Morgan fingerprint density at radius 2 is 1.84 bits per heavy atom. The van der Waals surface area contributed by atoms with Gasteiger partial charge in [0.05, 0.1) is 12.2 Å². The second-order valence-electron chi connectivity index (χ2n) is 6.42. The molecule has 0 unspecified atom stereocenters. The van der Waals surface area contributed by atoms with Crippen molar-refractivity contribution < 1.29 is 0 Å². The van der Waals surface area contributed by atoms with E-state index in [0.29, 0.717) is 6.54 Å². The molecule has 0 aliphatic carbocycles. The first-order chi connectivity index (χ1) is 11.3. The molecule has 0 saturated carbocycles. The highest BCUT2D eigenvalue weighted by molar-refractivity contribution is 14.0. The maximum absolute atomic E-state index is 5.97. The van der Waals surface area contributed by atoms with Gasteiger partial charge in [-0.25, -0.2) is 4.98 Å². The van der Waals surface area contributed by atoms with Crippen LogP contribution >= 0.6 is 46.9 Å². The maximum Gasteiger partial charge on any atom is 0.191 e. The van der Waals surface area contributed by atoms with Gasteiger partial charge in [0.1, 0.15) is 5.01 Å². The lowest BCUT2D eigenvalue weighted by Crippen LogP contribution is -2.43. The van der Waals surface area contributed by atoms with Crippen molar-refractivity contribution in [3.05, 3.63) is 50.4 Å². The third kappa shape index (κ3) is 6.42. The van der Waals surface area contributed by atoms with Crippen LogP contribution in [0.15, 0.2) is 29.3 Å². The molecule has 0 amide bonds. The van der Waals surface area contributed by atoms with Crippen LogP contribution in [0, 0.1) is 13.8 Å². The van der Waals surface area contributed by atoms with E-state index in [2.05, 4.69) is 53.5 Å². The number of aliphatic imine (C=N–C) groups is 1. The Bertz CT molecular complexity index is 691. The summed E-state index contributed by atoms with van der Waals surface area (Å²) in [5, 5.41) is 8.55. The molecule has 0 aliphatic heterocycles. The predicted octanol–water partition coefficient (Wildman–Crippen LogP) is 4.67. The highest BCUT2D eigenvalue weighted by Gasteiger charge is 2.20. The molecule has 0 saturated heterocycles. The van der Waals surface area contributed by atoms with Crippen LogP contribution < -0.4 is 10.6 Å². The molecule has 1 aromatic carbocycles. The van der Waals surface area contributed by atoms with E-state index in [4.69, 9.17) is 11.6 Å². The zero-order valence-electron chi connectivity index (χ0n) is 15.3. The first-order valence-electron chi connectivity index (χ1n) is 7.95. The number of hydrogen-bond donors (Lipinski definition) is 2. The number of nitrogens with zero attached hydrogens (tertiary/aromatic N) is 2. The molecule has 0 bridgehead atoms. The van der Waals surface area contributed by atoms with Gasteiger partial charge < -0.3 is 10.6 Å². The summed E-state index contributed by atoms with van der Waals surface area (Å²) in [5.41, 5.74) is 2.31. The van der Waals surface area contributed by atoms with Gasteiger partial charge in [-0.1, -0.05) is 37.6 Å². The molecule has 2 rings (SSSR count). The smallest absolute Gasteiger partial charge is 0.191 e. The zero-order valence-corrected chi connectivity index (χ0v) is 19.2. The molecule has 0 aliphatic rings. The predicted molar refractivity (Wildman–Crippen MR) is 120 cm³/mol. The minimum absolute atomic E-state index is 0. The van der Waals surface area contributed by atoms with Crippen molar-refractivity contribution >= 4 is 52.9 Å². The van der Waals surface area contributed by atoms with Gasteiger partial charge in [0.2, 0.25) is 0 Å². The number of aryl methyl sites for hydroxylation is 2. The second-order valence-corrected chi connectivity index (χ2v) is 8.14. The lowest BCUT2D eigenvalue weighted by molar-refractivity contribution is 0.508. The Hall–Kier alpha value is -0.860. The van der Waals surface area contributed by atoms with E-state index in [-0.39, 0.29) is 29.4 Å². The Kier molecular flexibility index (Phi) is 8.63. The van der Waals surface area contributed by atoms with Crippen molar-refractivity contribution in [1.82, 2.24) is 15.6 Å². The summed E-state index contributed by atoms with van der Waals surface area (Å²) in [5.74, 6) is 0.780. The fourth-order valence-corrected chi connectivity index (χ4v) is 3.30. The van der Waals surface area contributed by atoms with Crippen LogP contribution in [-0.2, 0) is 12.0 Å². The quantitative estimate of drug-likeness (QED) is 0.362. The molecule has 25 heavy (non-hydrogen) atoms. The molecule has 2 aromatic rings. The summed E-state index contributed by atoms with van der Waals surface area (Å²) in [4.78, 5) is 10.1. The zero-order chi connectivity index (χ0) is 17.7. The van der Waals surface area contributed by atoms with Crippen LogP contribution in [0.1, 0.15) is 35.0 Å². The van der Waals surface area contributed by atoms with E-state index in [9.17, 15) is 0 Å². The average molecular weight is 493 g/mol. The van der Waals surface area contributed by atoms with E-state index in [1.54, 1.807) is 18.4 Å². The van der Waals surface area contributed by atoms with Crippen molar-refractivity contribution in [1.29, 1.82) is 0 Å². The standard InChI is InChI=1S/C18H25ClN4S.HI/c1-12-13(2)24-16(23-12)10-21-17(20-5)22-11-18(3,4)14-6-8-15(19)9-7-14;/h6-9H,10-11H2,1-5H3,(H2,20,21,22);1H. The third-order valence-corrected chi connectivity index (χ3v) is 5.35. The topological polar surface area (TPSA) is 49.3 Å². The molecular weight excluding hydrogens is 467 g/mol. The first kappa shape index (κ1) is 22.2. The Balaban J connectivity index is 0.00000312. The molecule has 0 spiro atoms. The second kappa shape index (κ2) is 9.73. The van der Waals surface area contributed by atoms with Crippen LogP contribution in [0.2, 0.25) is 5.02 Å². The SMILES string of the molecule is CN=C(NCc1nc(C)c(C)s1)NCC(C)(C)c1ccc(Cl)cc1.I. The molecule has 0 radical (unpaired) electrons. The van der Waals surface area contributed by atoms with Gasteiger partial charge in [0.25, 0.3) is 0 Å². The van der Waals surface area contributed by atoms with Crippen LogP contribution in [0.5, 0.6) is 0 Å². The number of guanidine groups is 1. The molecular formula is C18H26ClIN4S. The Labute approximate surface area is 176 Å². The fraction of sp³-hybridized carbons (Fsp3) is 0.444. The number of thiazole rings is 1. The third-order valence-electron chi connectivity index (χ3n) is 4.03. The fourth-order valence-electron chi connectivity index (χ4n) is 2.30. The molecule has 1 aromatic heterocycles. The molecule has 4 nitrogen and oxygen atoms in total. The van der Waals surface area contributed by atoms with Crippen molar-refractivity contribution in [3.63, 3.8) is 0 Å². The number of nitrogens with one attached hydrogen (secondary N) is 2. The summed E-state index contributed by atoms with van der Waals surface area (Å²) in [7, 11) is 1.78. The number of benzene rings is 1.